The van der Waals surface area contributed by atoms with E-state index in [1.54, 1.807) is 0 Å². The second-order valence-electron chi connectivity index (χ2n) is 5.96. The van der Waals surface area contributed by atoms with Crippen LogP contribution in [0.3, 0.4) is 0 Å². The van der Waals surface area contributed by atoms with Crippen LogP contribution in [0, 0.1) is 5.92 Å². The van der Waals surface area contributed by atoms with Gasteiger partial charge in [0.1, 0.15) is 5.25 Å². The Labute approximate surface area is 136 Å². The van der Waals surface area contributed by atoms with Crippen molar-refractivity contribution in [1.29, 1.82) is 0 Å². The minimum Gasteiger partial charge on any atom is -0.170 e. The van der Waals surface area contributed by atoms with Crippen molar-refractivity contribution >= 4 is 21.6 Å². The monoisotopic (exact) mass is 344 g/mol. The normalized spacial score (nSPS) is 15.4. The maximum absolute atomic E-state index is 13.4. The summed E-state index contributed by atoms with van der Waals surface area (Å²) in [7, 11) is 2.42. The third-order valence-corrected chi connectivity index (χ3v) is 6.92. The van der Waals surface area contributed by atoms with Crippen LogP contribution in [0.5, 0.6) is 0 Å². The Balaban J connectivity index is 4.64. The van der Waals surface area contributed by atoms with Crippen LogP contribution in [0.4, 0.5) is 13.2 Å². The van der Waals surface area contributed by atoms with Crippen molar-refractivity contribution < 1.29 is 13.2 Å². The zero-order valence-electron chi connectivity index (χ0n) is 13.8. The molecule has 0 aromatic rings. The summed E-state index contributed by atoms with van der Waals surface area (Å²) in [4.78, 5) is 0. The number of hydrogen-bond donors (Lipinski definition) is 0. The summed E-state index contributed by atoms with van der Waals surface area (Å²) >= 11 is 0. The van der Waals surface area contributed by atoms with Crippen LogP contribution in [0.1, 0.15) is 79.1 Å². The molecule has 0 saturated heterocycles. The highest BCUT2D eigenvalue weighted by Crippen LogP contribution is 2.45. The van der Waals surface area contributed by atoms with Gasteiger partial charge < -0.3 is 0 Å². The molecule has 0 aliphatic carbocycles. The maximum Gasteiger partial charge on any atom is 0.401 e. The number of halogens is 3. The Morgan fingerprint density at radius 1 is 0.810 bits per heavy atom. The molecule has 0 nitrogen and oxygen atoms in total. The van der Waals surface area contributed by atoms with Crippen molar-refractivity contribution in [1.82, 2.24) is 0 Å². The fourth-order valence-electron chi connectivity index (χ4n) is 2.32. The molecule has 0 fully saturated rings. The van der Waals surface area contributed by atoms with E-state index in [4.69, 9.17) is 0 Å². The van der Waals surface area contributed by atoms with Gasteiger partial charge in [-0.1, -0.05) is 87.8 Å². The molecule has 5 heteroatoms. The Bertz CT molecular complexity index is 242. The molecule has 2 atom stereocenters. The van der Waals surface area contributed by atoms with E-state index in [1.165, 1.54) is 10.8 Å². The molecule has 0 bridgehead atoms. The van der Waals surface area contributed by atoms with Gasteiger partial charge in [-0.3, -0.25) is 0 Å². The van der Waals surface area contributed by atoms with Crippen LogP contribution in [0.25, 0.3) is 0 Å². The van der Waals surface area contributed by atoms with Gasteiger partial charge in [0, 0.05) is 5.25 Å². The number of rotatable bonds is 12. The van der Waals surface area contributed by atoms with Crippen molar-refractivity contribution in [2.24, 2.45) is 5.92 Å². The predicted octanol–water partition coefficient (Wildman–Crippen LogP) is 7.48. The van der Waals surface area contributed by atoms with Crippen molar-refractivity contribution in [3.63, 3.8) is 0 Å². The van der Waals surface area contributed by atoms with Gasteiger partial charge in [-0.25, -0.2) is 0 Å². The molecule has 0 aromatic carbocycles. The van der Waals surface area contributed by atoms with Crippen molar-refractivity contribution in [3.8, 4) is 0 Å². The molecule has 0 aromatic heterocycles. The van der Waals surface area contributed by atoms with Gasteiger partial charge >= 0.3 is 6.18 Å². The van der Waals surface area contributed by atoms with Crippen LogP contribution in [0.2, 0.25) is 0 Å². The van der Waals surface area contributed by atoms with E-state index in [-0.39, 0.29) is 11.2 Å². The number of alkyl halides is 3. The Kier molecular flexibility index (Phi) is 12.3. The largest absolute Gasteiger partial charge is 0.401 e. The SMILES string of the molecule is CCCCCCC(CCCC)[C@H](SSC(C)C)C(F)(F)F. The quantitative estimate of drug-likeness (QED) is 0.266. The summed E-state index contributed by atoms with van der Waals surface area (Å²) in [6.45, 7) is 8.08. The third-order valence-electron chi connectivity index (χ3n) is 3.46. The Morgan fingerprint density at radius 3 is 1.86 bits per heavy atom. The van der Waals surface area contributed by atoms with E-state index in [0.717, 1.165) is 55.7 Å². The first-order valence-corrected chi connectivity index (χ1v) is 10.5. The van der Waals surface area contributed by atoms with Crippen molar-refractivity contribution in [2.75, 3.05) is 0 Å². The third kappa shape index (κ3) is 10.8. The summed E-state index contributed by atoms with van der Waals surface area (Å²) in [6.07, 6.45) is 3.46. The fraction of sp³-hybridized carbons (Fsp3) is 1.00. The minimum atomic E-state index is -4.09. The standard InChI is InChI=1S/C16H31F3S2/c1-5-7-9-10-12-14(11-8-6-2)15(16(17,18)19)21-20-13(3)4/h13-15H,5-12H2,1-4H3/t14?,15-/m0/s1. The molecule has 0 N–H and O–H groups in total. The number of hydrogen-bond acceptors (Lipinski definition) is 2. The molecule has 0 radical (unpaired) electrons. The van der Waals surface area contributed by atoms with Crippen molar-refractivity contribution in [2.45, 2.75) is 95.7 Å². The highest BCUT2D eigenvalue weighted by molar-refractivity contribution is 8.77. The molecule has 0 saturated carbocycles. The average Bonchev–Trinajstić information content (AvgIpc) is 2.38. The van der Waals surface area contributed by atoms with Gasteiger partial charge in [0.15, 0.2) is 0 Å². The van der Waals surface area contributed by atoms with Gasteiger partial charge in [-0.2, -0.15) is 13.2 Å². The molecule has 0 aliphatic rings. The van der Waals surface area contributed by atoms with Gasteiger partial charge in [0.05, 0.1) is 0 Å². The van der Waals surface area contributed by atoms with Gasteiger partial charge in [0.2, 0.25) is 0 Å². The van der Waals surface area contributed by atoms with E-state index in [0.29, 0.717) is 6.42 Å². The molecule has 0 amide bonds. The summed E-state index contributed by atoms with van der Waals surface area (Å²) in [5.41, 5.74) is 0. The average molecular weight is 345 g/mol. The number of unbranched alkanes of at least 4 members (excludes halogenated alkanes) is 4. The minimum absolute atomic E-state index is 0.224. The molecule has 0 spiro atoms. The van der Waals surface area contributed by atoms with Gasteiger partial charge in [0.25, 0.3) is 0 Å². The van der Waals surface area contributed by atoms with E-state index in [9.17, 15) is 13.2 Å². The summed E-state index contributed by atoms with van der Waals surface area (Å²) in [5, 5.41) is -0.982. The van der Waals surface area contributed by atoms with Crippen LogP contribution >= 0.6 is 21.6 Å². The molecule has 128 valence electrons. The molecular formula is C16H31F3S2. The molecular weight excluding hydrogens is 313 g/mol. The van der Waals surface area contributed by atoms with Crippen molar-refractivity contribution in [3.05, 3.63) is 0 Å². The lowest BCUT2D eigenvalue weighted by atomic mass is 9.91. The molecule has 0 aliphatic heterocycles. The van der Waals surface area contributed by atoms with E-state index in [1.807, 2.05) is 20.8 Å². The topological polar surface area (TPSA) is 0 Å². The Hall–Kier alpha value is 0.490. The van der Waals surface area contributed by atoms with Crippen LogP contribution < -0.4 is 0 Å². The molecule has 21 heavy (non-hydrogen) atoms. The predicted molar refractivity (Wildman–Crippen MR) is 91.9 cm³/mol. The zero-order chi connectivity index (χ0) is 16.3. The highest BCUT2D eigenvalue weighted by atomic mass is 33.1. The van der Waals surface area contributed by atoms with Gasteiger partial charge in [-0.05, 0) is 18.8 Å². The first kappa shape index (κ1) is 21.5. The lowest BCUT2D eigenvalue weighted by Gasteiger charge is -2.29. The highest BCUT2D eigenvalue weighted by Gasteiger charge is 2.44. The van der Waals surface area contributed by atoms with Crippen LogP contribution in [-0.2, 0) is 0 Å². The van der Waals surface area contributed by atoms with E-state index < -0.39 is 11.4 Å². The summed E-state index contributed by atoms with van der Waals surface area (Å²) in [5.74, 6) is -0.224. The Morgan fingerprint density at radius 2 is 1.38 bits per heavy atom. The van der Waals surface area contributed by atoms with E-state index >= 15 is 0 Å². The maximum atomic E-state index is 13.4. The fourth-order valence-corrected chi connectivity index (χ4v) is 5.02. The smallest absolute Gasteiger partial charge is 0.170 e. The first-order valence-electron chi connectivity index (χ1n) is 8.21. The second kappa shape index (κ2) is 12.0. The van der Waals surface area contributed by atoms with Crippen LogP contribution in [0.15, 0.2) is 0 Å². The molecule has 0 heterocycles. The lowest BCUT2D eigenvalue weighted by molar-refractivity contribution is -0.138. The van der Waals surface area contributed by atoms with E-state index in [2.05, 4.69) is 6.92 Å². The van der Waals surface area contributed by atoms with Crippen LogP contribution in [-0.4, -0.2) is 16.7 Å². The zero-order valence-corrected chi connectivity index (χ0v) is 15.5. The molecule has 0 rings (SSSR count). The lowest BCUT2D eigenvalue weighted by Crippen LogP contribution is -2.33. The summed E-state index contributed by atoms with van der Waals surface area (Å²) in [6, 6.07) is 0. The first-order chi connectivity index (χ1) is 9.82. The van der Waals surface area contributed by atoms with Gasteiger partial charge in [-0.15, -0.1) is 0 Å². The summed E-state index contributed by atoms with van der Waals surface area (Å²) < 4.78 is 40.2. The molecule has 1 unspecified atom stereocenters. The second-order valence-corrected chi connectivity index (χ2v) is 8.95.